The number of aryl methyl sites for hydroxylation is 1. The van der Waals surface area contributed by atoms with Crippen LogP contribution in [0.15, 0.2) is 61.1 Å². The molecule has 0 spiro atoms. The lowest BCUT2D eigenvalue weighted by Gasteiger charge is -2.12. The number of anilines is 1. The third-order valence-electron chi connectivity index (χ3n) is 3.96. The molecule has 0 unspecified atom stereocenters. The second-order valence-corrected chi connectivity index (χ2v) is 6.25. The lowest BCUT2D eigenvalue weighted by atomic mass is 10.2. The van der Waals surface area contributed by atoms with Gasteiger partial charge in [0.05, 0.1) is 0 Å². The van der Waals surface area contributed by atoms with Crippen molar-refractivity contribution in [3.05, 3.63) is 71.6 Å². The van der Waals surface area contributed by atoms with E-state index in [0.29, 0.717) is 22.0 Å². The van der Waals surface area contributed by atoms with Gasteiger partial charge in [0.25, 0.3) is 0 Å². The zero-order valence-electron chi connectivity index (χ0n) is 14.4. The first kappa shape index (κ1) is 17.1. The Kier molecular flexibility index (Phi) is 4.48. The normalized spacial score (nSPS) is 10.7. The second kappa shape index (κ2) is 7.09. The van der Waals surface area contributed by atoms with Gasteiger partial charge in [-0.3, -0.25) is 4.98 Å². The van der Waals surface area contributed by atoms with E-state index in [1.807, 2.05) is 31.2 Å². The Labute approximate surface area is 160 Å². The van der Waals surface area contributed by atoms with Crippen molar-refractivity contribution in [3.8, 4) is 23.3 Å². The number of nitrogen functional groups attached to an aromatic ring is 1. The number of pyridine rings is 1. The van der Waals surface area contributed by atoms with Crippen molar-refractivity contribution in [3.63, 3.8) is 0 Å². The monoisotopic (exact) mass is 378 g/mol. The van der Waals surface area contributed by atoms with E-state index in [4.69, 9.17) is 26.8 Å². The molecule has 6 nitrogen and oxygen atoms in total. The Hall–Kier alpha value is -3.38. The molecule has 0 aliphatic carbocycles. The Morgan fingerprint density at radius 2 is 1.70 bits per heavy atom. The number of nitrogens with zero attached hydrogens (tertiary/aromatic N) is 3. The predicted octanol–water partition coefficient (Wildman–Crippen LogP) is 5.15. The van der Waals surface area contributed by atoms with E-state index in [-0.39, 0.29) is 17.4 Å². The first-order chi connectivity index (χ1) is 13.1. The molecule has 7 heteroatoms. The summed E-state index contributed by atoms with van der Waals surface area (Å²) in [5, 5.41) is 1.61. The number of para-hydroxylation sites is 1. The first-order valence-corrected chi connectivity index (χ1v) is 8.55. The highest BCUT2D eigenvalue weighted by atomic mass is 35.5. The van der Waals surface area contributed by atoms with Gasteiger partial charge in [-0.1, -0.05) is 29.8 Å². The fraction of sp³-hybridized carbons (Fsp3) is 0.0500. The van der Waals surface area contributed by atoms with Crippen LogP contribution in [0, 0.1) is 6.92 Å². The summed E-state index contributed by atoms with van der Waals surface area (Å²) in [5.41, 5.74) is 7.97. The Bertz CT molecular complexity index is 1130. The summed E-state index contributed by atoms with van der Waals surface area (Å²) >= 11 is 6.05. The number of hydrogen-bond donors (Lipinski definition) is 1. The Morgan fingerprint density at radius 3 is 2.52 bits per heavy atom. The number of fused-ring (bicyclic) bond motifs is 1. The standard InChI is InChI=1S/C20H15ClN4O2/c1-12-10-14(7-8-15(12)21)26-19-17(22)20(25-11-24-19)27-16-6-2-4-13-5-3-9-23-18(13)16/h2-11H,22H2,1H3. The third kappa shape index (κ3) is 3.47. The Morgan fingerprint density at radius 1 is 0.926 bits per heavy atom. The average Bonchev–Trinajstić information content (AvgIpc) is 2.68. The number of rotatable bonds is 4. The molecule has 0 fully saturated rings. The molecular formula is C20H15ClN4O2. The average molecular weight is 379 g/mol. The molecule has 0 radical (unpaired) electrons. The molecule has 0 saturated heterocycles. The van der Waals surface area contributed by atoms with Crippen molar-refractivity contribution in [2.45, 2.75) is 6.92 Å². The lowest BCUT2D eigenvalue weighted by molar-refractivity contribution is 0.440. The van der Waals surface area contributed by atoms with Gasteiger partial charge >= 0.3 is 0 Å². The number of nitrogens with two attached hydrogens (primary N) is 1. The molecule has 0 saturated carbocycles. The maximum atomic E-state index is 6.17. The number of hydrogen-bond acceptors (Lipinski definition) is 6. The van der Waals surface area contributed by atoms with Crippen molar-refractivity contribution in [1.82, 2.24) is 15.0 Å². The van der Waals surface area contributed by atoms with Gasteiger partial charge in [0.1, 0.15) is 17.6 Å². The van der Waals surface area contributed by atoms with Crippen molar-refractivity contribution in [2.24, 2.45) is 0 Å². The fourth-order valence-electron chi connectivity index (χ4n) is 2.58. The third-order valence-corrected chi connectivity index (χ3v) is 4.38. The topological polar surface area (TPSA) is 83.2 Å². The molecule has 0 aliphatic rings. The van der Waals surface area contributed by atoms with Crippen LogP contribution in [-0.2, 0) is 0 Å². The van der Waals surface area contributed by atoms with Gasteiger partial charge in [0.15, 0.2) is 11.4 Å². The molecule has 0 amide bonds. The largest absolute Gasteiger partial charge is 0.437 e. The van der Waals surface area contributed by atoms with Crippen molar-refractivity contribution < 1.29 is 9.47 Å². The molecule has 134 valence electrons. The maximum Gasteiger partial charge on any atom is 0.249 e. The van der Waals surface area contributed by atoms with E-state index in [2.05, 4.69) is 15.0 Å². The molecular weight excluding hydrogens is 364 g/mol. The molecule has 2 N–H and O–H groups in total. The van der Waals surface area contributed by atoms with Crippen molar-refractivity contribution >= 4 is 28.2 Å². The van der Waals surface area contributed by atoms with Crippen LogP contribution in [0.25, 0.3) is 10.9 Å². The SMILES string of the molecule is Cc1cc(Oc2ncnc(Oc3cccc4cccnc34)c2N)ccc1Cl. The molecule has 0 aliphatic heterocycles. The summed E-state index contributed by atoms with van der Waals surface area (Å²) in [5.74, 6) is 1.52. The molecule has 2 aromatic carbocycles. The summed E-state index contributed by atoms with van der Waals surface area (Å²) in [4.78, 5) is 12.6. The summed E-state index contributed by atoms with van der Waals surface area (Å²) in [6.07, 6.45) is 3.04. The molecule has 0 atom stereocenters. The number of halogens is 1. The first-order valence-electron chi connectivity index (χ1n) is 8.18. The van der Waals surface area contributed by atoms with Gasteiger partial charge in [-0.05, 0) is 42.8 Å². The summed E-state index contributed by atoms with van der Waals surface area (Å²) < 4.78 is 11.7. The zero-order chi connectivity index (χ0) is 18.8. The van der Waals surface area contributed by atoms with Gasteiger partial charge in [-0.2, -0.15) is 9.97 Å². The summed E-state index contributed by atoms with van der Waals surface area (Å²) in [6.45, 7) is 1.89. The number of benzene rings is 2. The summed E-state index contributed by atoms with van der Waals surface area (Å²) in [6, 6.07) is 14.8. The van der Waals surface area contributed by atoms with E-state index < -0.39 is 0 Å². The van der Waals surface area contributed by atoms with E-state index in [0.717, 1.165) is 10.9 Å². The van der Waals surface area contributed by atoms with Gasteiger partial charge in [-0.25, -0.2) is 0 Å². The summed E-state index contributed by atoms with van der Waals surface area (Å²) in [7, 11) is 0. The highest BCUT2D eigenvalue weighted by Gasteiger charge is 2.14. The molecule has 2 heterocycles. The highest BCUT2D eigenvalue weighted by molar-refractivity contribution is 6.31. The van der Waals surface area contributed by atoms with Crippen LogP contribution < -0.4 is 15.2 Å². The van der Waals surface area contributed by atoms with Crippen LogP contribution in [0.1, 0.15) is 5.56 Å². The molecule has 2 aromatic heterocycles. The minimum atomic E-state index is 0.193. The fourth-order valence-corrected chi connectivity index (χ4v) is 2.70. The van der Waals surface area contributed by atoms with E-state index in [9.17, 15) is 0 Å². The van der Waals surface area contributed by atoms with Gasteiger partial charge in [0, 0.05) is 16.6 Å². The maximum absolute atomic E-state index is 6.17. The van der Waals surface area contributed by atoms with Crippen LogP contribution in [0.4, 0.5) is 5.69 Å². The van der Waals surface area contributed by atoms with E-state index >= 15 is 0 Å². The second-order valence-electron chi connectivity index (χ2n) is 5.84. The lowest BCUT2D eigenvalue weighted by Crippen LogP contribution is -2.01. The van der Waals surface area contributed by atoms with Crippen molar-refractivity contribution in [2.75, 3.05) is 5.73 Å². The zero-order valence-corrected chi connectivity index (χ0v) is 15.1. The van der Waals surface area contributed by atoms with Gasteiger partial charge in [-0.15, -0.1) is 0 Å². The van der Waals surface area contributed by atoms with Gasteiger partial charge in [0.2, 0.25) is 11.8 Å². The van der Waals surface area contributed by atoms with Crippen molar-refractivity contribution in [1.29, 1.82) is 0 Å². The van der Waals surface area contributed by atoms with E-state index in [1.54, 1.807) is 30.5 Å². The number of aromatic nitrogens is 3. The molecule has 4 aromatic rings. The molecule has 4 rings (SSSR count). The minimum Gasteiger partial charge on any atom is -0.437 e. The van der Waals surface area contributed by atoms with Crippen LogP contribution >= 0.6 is 11.6 Å². The minimum absolute atomic E-state index is 0.193. The van der Waals surface area contributed by atoms with Crippen LogP contribution in [-0.4, -0.2) is 15.0 Å². The highest BCUT2D eigenvalue weighted by Crippen LogP contribution is 2.35. The molecule has 27 heavy (non-hydrogen) atoms. The Balaban J connectivity index is 1.66. The van der Waals surface area contributed by atoms with Crippen LogP contribution in [0.2, 0.25) is 5.02 Å². The predicted molar refractivity (Wildman–Crippen MR) is 105 cm³/mol. The van der Waals surface area contributed by atoms with E-state index in [1.165, 1.54) is 6.33 Å². The smallest absolute Gasteiger partial charge is 0.249 e. The molecule has 0 bridgehead atoms. The van der Waals surface area contributed by atoms with Crippen LogP contribution in [0.3, 0.4) is 0 Å². The van der Waals surface area contributed by atoms with Crippen LogP contribution in [0.5, 0.6) is 23.3 Å². The van der Waals surface area contributed by atoms with Gasteiger partial charge < -0.3 is 15.2 Å². The quantitative estimate of drug-likeness (QED) is 0.528. The number of ether oxygens (including phenoxy) is 2.